The van der Waals surface area contributed by atoms with Crippen LogP contribution in [0.3, 0.4) is 0 Å². The molecule has 0 aliphatic rings. The van der Waals surface area contributed by atoms with Gasteiger partial charge in [-0.1, -0.05) is 84.4 Å². The molecule has 0 bridgehead atoms. The van der Waals surface area contributed by atoms with Gasteiger partial charge in [0, 0.05) is 55.7 Å². The van der Waals surface area contributed by atoms with Gasteiger partial charge in [-0.05, 0) is 59.4 Å². The largest absolute Gasteiger partial charge is 0.674 e. The van der Waals surface area contributed by atoms with E-state index in [0.29, 0.717) is 24.0 Å². The molecule has 7 heteroatoms. The maximum atomic E-state index is 13.4. The van der Waals surface area contributed by atoms with E-state index in [0.717, 1.165) is 27.8 Å². The molecule has 4 rings (SSSR count). The second-order valence-corrected chi connectivity index (χ2v) is 9.37. The third kappa shape index (κ3) is 8.36. The number of amides is 1. The minimum Gasteiger partial charge on any atom is -0.674 e. The van der Waals surface area contributed by atoms with Gasteiger partial charge in [0.05, 0.1) is 24.7 Å². The third-order valence-electron chi connectivity index (χ3n) is 6.73. The fourth-order valence-corrected chi connectivity index (χ4v) is 4.65. The van der Waals surface area contributed by atoms with E-state index in [4.69, 9.17) is 10.5 Å². The topological polar surface area (TPSA) is 103 Å². The van der Waals surface area contributed by atoms with E-state index in [9.17, 15) is 14.9 Å². The fraction of sp³-hybridized carbons (Fsp3) is 0.182. The predicted molar refractivity (Wildman–Crippen MR) is 152 cm³/mol. The molecule has 0 fully saturated rings. The molecule has 0 saturated heterocycles. The summed E-state index contributed by atoms with van der Waals surface area (Å²) in [5, 5.41) is 12.4. The third-order valence-corrected chi connectivity index (χ3v) is 6.73. The van der Waals surface area contributed by atoms with Gasteiger partial charge in [0.2, 0.25) is 0 Å². The van der Waals surface area contributed by atoms with E-state index in [1.807, 2.05) is 72.8 Å². The maximum Gasteiger partial charge on any atom is 0.311 e. The number of hydrogen-bond acceptors (Lipinski definition) is 4. The molecule has 2 atom stereocenters. The van der Waals surface area contributed by atoms with Crippen molar-refractivity contribution in [2.24, 2.45) is 5.92 Å². The molecule has 40 heavy (non-hydrogen) atoms. The Kier molecular flexibility index (Phi) is 12.1. The molecule has 1 amide bonds. The van der Waals surface area contributed by atoms with Crippen LogP contribution >= 0.6 is 0 Å². The number of methoxy groups -OCH3 is 1. The molecule has 0 aromatic heterocycles. The predicted octanol–water partition coefficient (Wildman–Crippen LogP) is 6.15. The van der Waals surface area contributed by atoms with E-state index < -0.39 is 17.9 Å². The number of rotatable bonds is 10. The second kappa shape index (κ2) is 15.5. The van der Waals surface area contributed by atoms with E-state index >= 15 is 0 Å². The number of benzene rings is 4. The number of nitrogens with one attached hydrogen (secondary N) is 2. The van der Waals surface area contributed by atoms with Crippen molar-refractivity contribution in [3.8, 4) is 17.2 Å². The number of ether oxygens (including phenoxy) is 1. The summed E-state index contributed by atoms with van der Waals surface area (Å²) in [4.78, 5) is 26.5. The van der Waals surface area contributed by atoms with Crippen molar-refractivity contribution in [2.45, 2.75) is 25.4 Å². The van der Waals surface area contributed by atoms with Crippen molar-refractivity contribution in [2.75, 3.05) is 7.11 Å². The zero-order valence-corrected chi connectivity index (χ0v) is 27.1. The Hall–Kier alpha value is -3.29. The van der Waals surface area contributed by atoms with Crippen LogP contribution in [0.2, 0.25) is 0 Å². The van der Waals surface area contributed by atoms with Gasteiger partial charge in [-0.25, -0.2) is 0 Å². The van der Waals surface area contributed by atoms with E-state index in [-0.39, 0.29) is 56.5 Å². The Bertz CT molecular complexity index is 1470. The number of nitrogens with zero attached hydrogens (tertiary/aromatic N) is 1. The molecule has 199 valence electrons. The van der Waals surface area contributed by atoms with Crippen LogP contribution in [0, 0.1) is 61.3 Å². The first kappa shape index (κ1) is 31.2. The van der Waals surface area contributed by atoms with Crippen molar-refractivity contribution in [1.82, 2.24) is 5.32 Å². The molecule has 4 aromatic rings. The Morgan fingerprint density at radius 1 is 0.825 bits per heavy atom. The standard InChI is InChI=1S/C33H30N3O3.Ac/c1-39-33(38)30(19-24-9-5-10-25(17-24)21-34)31(20-23-7-3-2-4-8-23)36-32(37)28-15-13-27(14-16-28)29-12-6-11-26(18-29)22-35;/h2-18,30-31,35H,19-20,22H2,1H3,(H,36,37);/q-1;. The Balaban J connectivity index is 0.00000441. The van der Waals surface area contributed by atoms with Gasteiger partial charge in [0.1, 0.15) is 0 Å². The Morgan fingerprint density at radius 3 is 2.17 bits per heavy atom. The molecule has 0 aliphatic carbocycles. The van der Waals surface area contributed by atoms with E-state index in [1.165, 1.54) is 7.11 Å². The van der Waals surface area contributed by atoms with Crippen LogP contribution in [0.4, 0.5) is 0 Å². The Labute approximate surface area is 271 Å². The van der Waals surface area contributed by atoms with Crippen LogP contribution in [-0.2, 0) is 28.9 Å². The summed E-state index contributed by atoms with van der Waals surface area (Å²) in [6.45, 7) is 0.208. The SMILES string of the molecule is COC(=O)C(Cc1cccc(C#N)c1)C(Cc1ccccc1)NC(=O)c1ccc(-c2cccc(C[NH-])c2)cc1.[Ac]. The van der Waals surface area contributed by atoms with Crippen molar-refractivity contribution in [3.63, 3.8) is 0 Å². The zero-order valence-electron chi connectivity index (χ0n) is 22.3. The van der Waals surface area contributed by atoms with Gasteiger partial charge >= 0.3 is 5.97 Å². The summed E-state index contributed by atoms with van der Waals surface area (Å²) in [6, 6.07) is 33.5. The molecule has 0 saturated carbocycles. The first-order valence-electron chi connectivity index (χ1n) is 12.8. The van der Waals surface area contributed by atoms with Gasteiger partial charge in [-0.2, -0.15) is 5.26 Å². The quantitative estimate of drug-likeness (QED) is 0.197. The number of nitriles is 1. The molecule has 0 heterocycles. The molecule has 0 aliphatic heterocycles. The molecular weight excluding hydrogens is 713 g/mol. The van der Waals surface area contributed by atoms with Crippen LogP contribution < -0.4 is 5.32 Å². The number of carbonyl (C=O) groups is 2. The van der Waals surface area contributed by atoms with Crippen LogP contribution in [0.1, 0.15) is 32.6 Å². The molecule has 0 spiro atoms. The van der Waals surface area contributed by atoms with Crippen molar-refractivity contribution in [3.05, 3.63) is 137 Å². The Morgan fingerprint density at radius 2 is 1.50 bits per heavy atom. The van der Waals surface area contributed by atoms with Crippen LogP contribution in [0.25, 0.3) is 16.9 Å². The van der Waals surface area contributed by atoms with E-state index in [1.54, 1.807) is 30.3 Å². The minimum atomic E-state index is -0.667. The van der Waals surface area contributed by atoms with Crippen molar-refractivity contribution in [1.29, 1.82) is 5.26 Å². The molecule has 2 N–H and O–H groups in total. The summed E-state index contributed by atoms with van der Waals surface area (Å²) < 4.78 is 5.16. The molecule has 2 unspecified atom stereocenters. The summed E-state index contributed by atoms with van der Waals surface area (Å²) in [6.07, 6.45) is 0.744. The minimum absolute atomic E-state index is 0. The summed E-state index contributed by atoms with van der Waals surface area (Å²) >= 11 is 0. The average Bonchev–Trinajstić information content (AvgIpc) is 3.00. The molecule has 4 aromatic carbocycles. The maximum absolute atomic E-state index is 13.4. The molecule has 6 nitrogen and oxygen atoms in total. The summed E-state index contributed by atoms with van der Waals surface area (Å²) in [5.41, 5.74) is 13.2. The first-order chi connectivity index (χ1) is 19.0. The average molecular weight is 744 g/mol. The van der Waals surface area contributed by atoms with Gasteiger partial charge < -0.3 is 15.8 Å². The number of hydrogen-bond donors (Lipinski definition) is 1. The molecule has 1 radical (unpaired) electrons. The van der Waals surface area contributed by atoms with Crippen molar-refractivity contribution < 1.29 is 58.4 Å². The monoisotopic (exact) mass is 743 g/mol. The summed E-state index contributed by atoms with van der Waals surface area (Å²) in [7, 11) is 1.34. The van der Waals surface area contributed by atoms with Gasteiger partial charge in [-0.3, -0.25) is 9.59 Å². The van der Waals surface area contributed by atoms with Gasteiger partial charge in [0.15, 0.2) is 0 Å². The van der Waals surface area contributed by atoms with Crippen LogP contribution in [-0.4, -0.2) is 25.0 Å². The van der Waals surface area contributed by atoms with Crippen LogP contribution in [0.5, 0.6) is 0 Å². The summed E-state index contributed by atoms with van der Waals surface area (Å²) in [5.74, 6) is -1.38. The van der Waals surface area contributed by atoms with Crippen LogP contribution in [0.15, 0.2) is 103 Å². The van der Waals surface area contributed by atoms with Crippen molar-refractivity contribution >= 4 is 11.9 Å². The van der Waals surface area contributed by atoms with Gasteiger partial charge in [-0.15, -0.1) is 6.54 Å². The van der Waals surface area contributed by atoms with Gasteiger partial charge in [0.25, 0.3) is 5.91 Å². The molecular formula is C33H30AcN3O3-. The second-order valence-electron chi connectivity index (χ2n) is 9.37. The first-order valence-corrected chi connectivity index (χ1v) is 12.8. The number of esters is 1. The zero-order chi connectivity index (χ0) is 27.6. The number of carbonyl (C=O) groups excluding carboxylic acids is 2. The van der Waals surface area contributed by atoms with E-state index in [2.05, 4.69) is 11.4 Å². The smallest absolute Gasteiger partial charge is 0.311 e. The fourth-order valence-electron chi connectivity index (χ4n) is 4.65. The normalized spacial score (nSPS) is 11.8.